The Labute approximate surface area is 258 Å². The third kappa shape index (κ3) is 6.60. The molecule has 2 amide bonds. The first-order valence-electron chi connectivity index (χ1n) is 14.0. The van der Waals surface area contributed by atoms with Gasteiger partial charge in [0.25, 0.3) is 5.91 Å². The molecule has 0 spiro atoms. The first-order valence-corrected chi connectivity index (χ1v) is 15.7. The summed E-state index contributed by atoms with van der Waals surface area (Å²) in [5.41, 5.74) is 3.71. The van der Waals surface area contributed by atoms with Crippen molar-refractivity contribution in [3.8, 4) is 11.4 Å². The van der Waals surface area contributed by atoms with Gasteiger partial charge < -0.3 is 20.1 Å². The Balaban J connectivity index is 1.37. The van der Waals surface area contributed by atoms with Crippen LogP contribution in [0.2, 0.25) is 0 Å². The minimum atomic E-state index is -0.573. The van der Waals surface area contributed by atoms with Crippen molar-refractivity contribution in [1.82, 2.24) is 20.1 Å². The smallest absolute Gasteiger partial charge is 0.341 e. The van der Waals surface area contributed by atoms with E-state index in [9.17, 15) is 14.4 Å². The van der Waals surface area contributed by atoms with Crippen LogP contribution in [-0.4, -0.2) is 51.5 Å². The van der Waals surface area contributed by atoms with Crippen LogP contribution >= 0.6 is 23.1 Å². The molecular weight excluding hydrogens is 587 g/mol. The van der Waals surface area contributed by atoms with E-state index in [-0.39, 0.29) is 25.0 Å². The lowest BCUT2D eigenvalue weighted by Gasteiger charge is -2.15. The Morgan fingerprint density at radius 3 is 2.70 bits per heavy atom. The Bertz CT molecular complexity index is 1660. The molecule has 5 rings (SSSR count). The van der Waals surface area contributed by atoms with E-state index in [1.54, 1.807) is 38.1 Å². The van der Waals surface area contributed by atoms with Gasteiger partial charge >= 0.3 is 5.97 Å². The number of ether oxygens (including phenoxy) is 2. The Morgan fingerprint density at radius 1 is 1.12 bits per heavy atom. The molecule has 2 aromatic carbocycles. The van der Waals surface area contributed by atoms with E-state index < -0.39 is 11.2 Å². The first-order chi connectivity index (χ1) is 20.8. The molecule has 0 saturated carbocycles. The van der Waals surface area contributed by atoms with Crippen molar-refractivity contribution >= 4 is 45.9 Å². The minimum Gasteiger partial charge on any atom is -0.496 e. The number of carbonyl (C=O) groups excluding carboxylic acids is 3. The number of hydrogen-bond acceptors (Lipinski definition) is 9. The van der Waals surface area contributed by atoms with Gasteiger partial charge in [-0.1, -0.05) is 36.0 Å². The predicted molar refractivity (Wildman–Crippen MR) is 167 cm³/mol. The molecule has 2 aromatic heterocycles. The Kier molecular flexibility index (Phi) is 9.46. The van der Waals surface area contributed by atoms with Gasteiger partial charge in [0.2, 0.25) is 5.91 Å². The molecule has 0 saturated heterocycles. The highest BCUT2D eigenvalue weighted by Gasteiger charge is 2.30. The molecule has 2 heterocycles. The number of benzene rings is 2. The number of esters is 1. The van der Waals surface area contributed by atoms with Crippen LogP contribution in [0.15, 0.2) is 53.7 Å². The normalized spacial score (nSPS) is 12.8. The Hall–Kier alpha value is -4.16. The number of methoxy groups -OCH3 is 1. The number of fused-ring (bicyclic) bond motifs is 1. The van der Waals surface area contributed by atoms with E-state index >= 15 is 0 Å². The second-order valence-electron chi connectivity index (χ2n) is 9.99. The van der Waals surface area contributed by atoms with Crippen LogP contribution < -0.4 is 15.4 Å². The van der Waals surface area contributed by atoms with Gasteiger partial charge in [-0.15, -0.1) is 21.5 Å². The summed E-state index contributed by atoms with van der Waals surface area (Å²) in [5, 5.41) is 15.1. The fourth-order valence-corrected chi connectivity index (χ4v) is 7.11. The van der Waals surface area contributed by atoms with E-state index in [0.29, 0.717) is 32.9 Å². The van der Waals surface area contributed by atoms with Crippen molar-refractivity contribution in [2.75, 3.05) is 19.0 Å². The van der Waals surface area contributed by atoms with Crippen LogP contribution in [0.3, 0.4) is 0 Å². The van der Waals surface area contributed by atoms with Gasteiger partial charge in [-0.05, 0) is 75.4 Å². The lowest BCUT2D eigenvalue weighted by atomic mass is 10.1. The highest BCUT2D eigenvalue weighted by molar-refractivity contribution is 8.00. The monoisotopic (exact) mass is 619 g/mol. The summed E-state index contributed by atoms with van der Waals surface area (Å²) >= 11 is 2.69. The third-order valence-corrected chi connectivity index (χ3v) is 9.26. The zero-order valence-corrected chi connectivity index (χ0v) is 26.1. The number of thioether (sulfide) groups is 1. The molecule has 0 aliphatic heterocycles. The Morgan fingerprint density at radius 2 is 1.93 bits per heavy atom. The van der Waals surface area contributed by atoms with Crippen LogP contribution in [0.1, 0.15) is 62.8 Å². The van der Waals surface area contributed by atoms with Gasteiger partial charge in [-0.2, -0.15) is 0 Å². The van der Waals surface area contributed by atoms with Crippen LogP contribution in [0.5, 0.6) is 5.75 Å². The second-order valence-corrected chi connectivity index (χ2v) is 12.4. The molecule has 1 atom stereocenters. The van der Waals surface area contributed by atoms with E-state index in [0.717, 1.165) is 41.0 Å². The number of thiophene rings is 1. The lowest BCUT2D eigenvalue weighted by Crippen LogP contribution is -2.25. The van der Waals surface area contributed by atoms with E-state index in [2.05, 4.69) is 20.8 Å². The van der Waals surface area contributed by atoms with E-state index in [1.807, 2.05) is 35.8 Å². The van der Waals surface area contributed by atoms with Crippen LogP contribution in [0, 0.1) is 6.92 Å². The number of amides is 2. The molecule has 0 unspecified atom stereocenters. The van der Waals surface area contributed by atoms with Crippen molar-refractivity contribution in [3.05, 3.63) is 81.5 Å². The molecule has 2 N–H and O–H groups in total. The molecule has 1 aliphatic rings. The number of nitrogens with one attached hydrogen (secondary N) is 2. The number of hydrogen-bond donors (Lipinski definition) is 2. The summed E-state index contributed by atoms with van der Waals surface area (Å²) < 4.78 is 12.5. The lowest BCUT2D eigenvalue weighted by molar-refractivity contribution is -0.115. The topological polar surface area (TPSA) is 124 Å². The number of anilines is 1. The first kappa shape index (κ1) is 30.3. The van der Waals surface area contributed by atoms with Gasteiger partial charge in [0.1, 0.15) is 10.8 Å². The van der Waals surface area contributed by atoms with Gasteiger partial charge in [-0.3, -0.25) is 14.2 Å². The van der Waals surface area contributed by atoms with Crippen molar-refractivity contribution in [2.24, 2.45) is 0 Å². The highest BCUT2D eigenvalue weighted by atomic mass is 32.2. The molecule has 224 valence electrons. The molecule has 1 aliphatic carbocycles. The maximum absolute atomic E-state index is 13.4. The van der Waals surface area contributed by atoms with Crippen molar-refractivity contribution in [2.45, 2.75) is 57.0 Å². The molecule has 10 nitrogen and oxygen atoms in total. The molecular formula is C31H33N5O5S2. The molecule has 12 heteroatoms. The maximum atomic E-state index is 13.4. The number of rotatable bonds is 11. The maximum Gasteiger partial charge on any atom is 0.341 e. The number of nitrogens with zero attached hydrogens (tertiary/aromatic N) is 3. The molecule has 4 aromatic rings. The van der Waals surface area contributed by atoms with E-state index in [4.69, 9.17) is 9.47 Å². The van der Waals surface area contributed by atoms with Crippen molar-refractivity contribution in [3.63, 3.8) is 0 Å². The van der Waals surface area contributed by atoms with Crippen LogP contribution in [0.4, 0.5) is 5.00 Å². The predicted octanol–water partition coefficient (Wildman–Crippen LogP) is 5.36. The minimum absolute atomic E-state index is 0.0998. The molecule has 0 fully saturated rings. The fourth-order valence-electron chi connectivity index (χ4n) is 4.94. The summed E-state index contributed by atoms with van der Waals surface area (Å²) in [7, 11) is 1.52. The van der Waals surface area contributed by atoms with Crippen LogP contribution in [0.25, 0.3) is 5.69 Å². The van der Waals surface area contributed by atoms with Gasteiger partial charge in [0.15, 0.2) is 11.0 Å². The van der Waals surface area contributed by atoms with E-state index in [1.165, 1.54) is 30.2 Å². The summed E-state index contributed by atoms with van der Waals surface area (Å²) in [5.74, 6) is -0.00297. The fraction of sp³-hybridized carbons (Fsp3) is 0.323. The van der Waals surface area contributed by atoms with Gasteiger partial charge in [0.05, 0.1) is 36.6 Å². The SMILES string of the molecule is CCOC(=O)c1c(NC(=O)[C@@H](C)Sc2nnc(CNC(=O)c3ccccc3OC)n2-c2cccc(C)c2)sc2c1CCC2. The quantitative estimate of drug-likeness (QED) is 0.170. The van der Waals surface area contributed by atoms with Gasteiger partial charge in [0, 0.05) is 10.6 Å². The zero-order valence-electron chi connectivity index (χ0n) is 24.4. The number of carbonyl (C=O) groups is 3. The molecule has 0 radical (unpaired) electrons. The molecule has 0 bridgehead atoms. The zero-order chi connectivity index (χ0) is 30.5. The summed E-state index contributed by atoms with van der Waals surface area (Å²) in [6.45, 7) is 5.90. The number of aryl methyl sites for hydroxylation is 2. The number of aromatic nitrogens is 3. The third-order valence-electron chi connectivity index (χ3n) is 7.01. The van der Waals surface area contributed by atoms with Crippen molar-refractivity contribution in [1.29, 1.82) is 0 Å². The largest absolute Gasteiger partial charge is 0.496 e. The number of para-hydroxylation sites is 1. The summed E-state index contributed by atoms with van der Waals surface area (Å²) in [6.07, 6.45) is 2.68. The average Bonchev–Trinajstić information content (AvgIpc) is 3.70. The van der Waals surface area contributed by atoms with Crippen molar-refractivity contribution < 1.29 is 23.9 Å². The summed E-state index contributed by atoms with van der Waals surface area (Å²) in [4.78, 5) is 40.3. The average molecular weight is 620 g/mol. The highest BCUT2D eigenvalue weighted by Crippen LogP contribution is 2.40. The second kappa shape index (κ2) is 13.4. The molecule has 43 heavy (non-hydrogen) atoms. The van der Waals surface area contributed by atoms with Crippen LogP contribution in [-0.2, 0) is 28.9 Å². The standard InChI is InChI=1S/C31H33N5O5S2/c1-5-41-30(39)26-22-13-9-15-24(22)43-29(26)33-27(37)19(3)42-31-35-34-25(36(31)20-11-8-10-18(2)16-20)17-32-28(38)21-12-6-7-14-23(21)40-4/h6-8,10-12,14,16,19H,5,9,13,15,17H2,1-4H3,(H,32,38)(H,33,37)/t19-/m1/s1. The summed E-state index contributed by atoms with van der Waals surface area (Å²) in [6, 6.07) is 14.8. The van der Waals surface area contributed by atoms with Gasteiger partial charge in [-0.25, -0.2) is 4.79 Å².